The third kappa shape index (κ3) is 3.79. The van der Waals surface area contributed by atoms with E-state index in [-0.39, 0.29) is 5.97 Å². The average molecular weight is 299 g/mol. The first kappa shape index (κ1) is 15.9. The molecule has 0 unspecified atom stereocenters. The Morgan fingerprint density at radius 1 is 1.05 bits per heavy atom. The van der Waals surface area contributed by atoms with Crippen molar-refractivity contribution in [1.29, 1.82) is 0 Å². The molecule has 0 fully saturated rings. The van der Waals surface area contributed by atoms with Crippen molar-refractivity contribution >= 4 is 11.7 Å². The fraction of sp³-hybridized carbons (Fsp3) is 0.278. The summed E-state index contributed by atoms with van der Waals surface area (Å²) in [5.74, 6) is 0.369. The van der Waals surface area contributed by atoms with Crippen LogP contribution in [0.3, 0.4) is 0 Å². The summed E-state index contributed by atoms with van der Waals surface area (Å²) in [7, 11) is 1.60. The minimum atomic E-state index is -0.504. The van der Waals surface area contributed by atoms with E-state index < -0.39 is 5.60 Å². The molecule has 0 aliphatic rings. The van der Waals surface area contributed by atoms with Gasteiger partial charge in [-0.2, -0.15) is 0 Å². The molecule has 4 nitrogen and oxygen atoms in total. The van der Waals surface area contributed by atoms with Gasteiger partial charge >= 0.3 is 5.97 Å². The van der Waals surface area contributed by atoms with Crippen LogP contribution in [-0.2, 0) is 4.74 Å². The van der Waals surface area contributed by atoms with Gasteiger partial charge in [0.05, 0.1) is 12.7 Å². The van der Waals surface area contributed by atoms with E-state index in [2.05, 4.69) is 0 Å². The Hall–Kier alpha value is -2.49. The van der Waals surface area contributed by atoms with Gasteiger partial charge in [-0.15, -0.1) is 0 Å². The van der Waals surface area contributed by atoms with E-state index in [1.807, 2.05) is 45.0 Å². The molecule has 2 aromatic carbocycles. The second kappa shape index (κ2) is 6.10. The maximum Gasteiger partial charge on any atom is 0.338 e. The van der Waals surface area contributed by atoms with Gasteiger partial charge in [0.15, 0.2) is 0 Å². The lowest BCUT2D eigenvalue weighted by atomic mass is 10.0. The lowest BCUT2D eigenvalue weighted by Crippen LogP contribution is -2.23. The first-order valence-electron chi connectivity index (χ1n) is 7.07. The average Bonchev–Trinajstić information content (AvgIpc) is 2.45. The van der Waals surface area contributed by atoms with Gasteiger partial charge in [0.2, 0.25) is 0 Å². The standard InChI is InChI=1S/C18H21NO3/c1-18(2,3)22-17(20)13-7-5-12(6-8-13)15-10-9-14(19)11-16(15)21-4/h5-11H,19H2,1-4H3. The third-order valence-electron chi connectivity index (χ3n) is 3.06. The van der Waals surface area contributed by atoms with Gasteiger partial charge in [-0.05, 0) is 50.6 Å². The zero-order chi connectivity index (χ0) is 16.3. The SMILES string of the molecule is COc1cc(N)ccc1-c1ccc(C(=O)OC(C)(C)C)cc1. The number of carbonyl (C=O) groups is 1. The van der Waals surface area contributed by atoms with Crippen molar-refractivity contribution in [1.82, 2.24) is 0 Å². The lowest BCUT2D eigenvalue weighted by molar-refractivity contribution is 0.00696. The summed E-state index contributed by atoms with van der Waals surface area (Å²) in [5.41, 5.74) is 8.30. The first-order valence-corrected chi connectivity index (χ1v) is 7.07. The minimum Gasteiger partial charge on any atom is -0.496 e. The Balaban J connectivity index is 2.28. The fourth-order valence-electron chi connectivity index (χ4n) is 2.07. The Morgan fingerprint density at radius 3 is 2.23 bits per heavy atom. The monoisotopic (exact) mass is 299 g/mol. The molecular weight excluding hydrogens is 278 g/mol. The molecule has 0 spiro atoms. The van der Waals surface area contributed by atoms with Crippen LogP contribution >= 0.6 is 0 Å². The Morgan fingerprint density at radius 2 is 1.68 bits per heavy atom. The van der Waals surface area contributed by atoms with Crippen LogP contribution in [-0.4, -0.2) is 18.7 Å². The first-order chi connectivity index (χ1) is 10.3. The zero-order valence-electron chi connectivity index (χ0n) is 13.3. The molecule has 0 saturated carbocycles. The third-order valence-corrected chi connectivity index (χ3v) is 3.06. The second-order valence-electron chi connectivity index (χ2n) is 6.04. The molecule has 0 amide bonds. The van der Waals surface area contributed by atoms with E-state index >= 15 is 0 Å². The molecule has 0 heterocycles. The molecule has 116 valence electrons. The molecule has 2 aromatic rings. The van der Waals surface area contributed by atoms with Crippen LogP contribution in [0.5, 0.6) is 5.75 Å². The molecule has 0 atom stereocenters. The highest BCUT2D eigenvalue weighted by Crippen LogP contribution is 2.31. The number of rotatable bonds is 3. The van der Waals surface area contributed by atoms with Crippen molar-refractivity contribution in [3.8, 4) is 16.9 Å². The lowest BCUT2D eigenvalue weighted by Gasteiger charge is -2.19. The number of methoxy groups -OCH3 is 1. The van der Waals surface area contributed by atoms with Crippen LogP contribution in [0.1, 0.15) is 31.1 Å². The highest BCUT2D eigenvalue weighted by molar-refractivity contribution is 5.90. The summed E-state index contributed by atoms with van der Waals surface area (Å²) < 4.78 is 10.7. The number of nitrogens with two attached hydrogens (primary N) is 1. The van der Waals surface area contributed by atoms with Crippen molar-refractivity contribution in [2.24, 2.45) is 0 Å². The van der Waals surface area contributed by atoms with Crippen molar-refractivity contribution in [2.75, 3.05) is 12.8 Å². The van der Waals surface area contributed by atoms with Crippen LogP contribution < -0.4 is 10.5 Å². The summed E-state index contributed by atoms with van der Waals surface area (Å²) in [4.78, 5) is 12.0. The summed E-state index contributed by atoms with van der Waals surface area (Å²) in [6, 6.07) is 12.7. The number of hydrogen-bond donors (Lipinski definition) is 1. The molecule has 4 heteroatoms. The van der Waals surface area contributed by atoms with Crippen LogP contribution in [0.4, 0.5) is 5.69 Å². The van der Waals surface area contributed by atoms with Gasteiger partial charge in [0.25, 0.3) is 0 Å². The second-order valence-corrected chi connectivity index (χ2v) is 6.04. The van der Waals surface area contributed by atoms with Crippen LogP contribution in [0.25, 0.3) is 11.1 Å². The molecule has 0 aliphatic carbocycles. The summed E-state index contributed by atoms with van der Waals surface area (Å²) in [5, 5.41) is 0. The van der Waals surface area contributed by atoms with Gasteiger partial charge in [-0.3, -0.25) is 0 Å². The van der Waals surface area contributed by atoms with Gasteiger partial charge in [-0.1, -0.05) is 12.1 Å². The van der Waals surface area contributed by atoms with Gasteiger partial charge < -0.3 is 15.2 Å². The Kier molecular flexibility index (Phi) is 4.40. The van der Waals surface area contributed by atoms with E-state index in [0.717, 1.165) is 11.1 Å². The predicted molar refractivity (Wildman–Crippen MR) is 88.0 cm³/mol. The summed E-state index contributed by atoms with van der Waals surface area (Å²) in [6.07, 6.45) is 0. The molecule has 0 bridgehead atoms. The van der Waals surface area contributed by atoms with Crippen molar-refractivity contribution in [2.45, 2.75) is 26.4 Å². The van der Waals surface area contributed by atoms with Crippen LogP contribution in [0.2, 0.25) is 0 Å². The van der Waals surface area contributed by atoms with Crippen molar-refractivity contribution in [3.63, 3.8) is 0 Å². The normalized spacial score (nSPS) is 11.1. The van der Waals surface area contributed by atoms with Crippen LogP contribution in [0.15, 0.2) is 42.5 Å². The molecule has 0 saturated heterocycles. The highest BCUT2D eigenvalue weighted by Gasteiger charge is 2.18. The Labute approximate surface area is 130 Å². The van der Waals surface area contributed by atoms with E-state index in [4.69, 9.17) is 15.2 Å². The summed E-state index contributed by atoms with van der Waals surface area (Å²) >= 11 is 0. The quantitative estimate of drug-likeness (QED) is 0.689. The summed E-state index contributed by atoms with van der Waals surface area (Å²) in [6.45, 7) is 5.54. The molecule has 0 aliphatic heterocycles. The Bertz CT molecular complexity index is 670. The van der Waals surface area contributed by atoms with E-state index in [1.165, 1.54) is 0 Å². The number of benzene rings is 2. The largest absolute Gasteiger partial charge is 0.496 e. The van der Waals surface area contributed by atoms with Gasteiger partial charge in [-0.25, -0.2) is 4.79 Å². The predicted octanol–water partition coefficient (Wildman–Crippen LogP) is 3.90. The van der Waals surface area contributed by atoms with Crippen molar-refractivity contribution in [3.05, 3.63) is 48.0 Å². The topological polar surface area (TPSA) is 61.5 Å². The number of nitrogen functional groups attached to an aromatic ring is 1. The van der Waals surface area contributed by atoms with E-state index in [9.17, 15) is 4.79 Å². The number of esters is 1. The fourth-order valence-corrected chi connectivity index (χ4v) is 2.07. The van der Waals surface area contributed by atoms with Gasteiger partial charge in [0.1, 0.15) is 11.4 Å². The maximum absolute atomic E-state index is 12.0. The molecule has 2 rings (SSSR count). The smallest absolute Gasteiger partial charge is 0.338 e. The molecule has 0 radical (unpaired) electrons. The van der Waals surface area contributed by atoms with Crippen LogP contribution in [0, 0.1) is 0 Å². The van der Waals surface area contributed by atoms with Gasteiger partial charge in [0, 0.05) is 17.3 Å². The minimum absolute atomic E-state index is 0.330. The maximum atomic E-state index is 12.0. The number of ether oxygens (including phenoxy) is 2. The number of hydrogen-bond acceptors (Lipinski definition) is 4. The van der Waals surface area contributed by atoms with Crippen molar-refractivity contribution < 1.29 is 14.3 Å². The number of carbonyl (C=O) groups excluding carboxylic acids is 1. The van der Waals surface area contributed by atoms with E-state index in [1.54, 1.807) is 25.3 Å². The molecular formula is C18H21NO3. The zero-order valence-corrected chi connectivity index (χ0v) is 13.3. The molecule has 2 N–H and O–H groups in total. The highest BCUT2D eigenvalue weighted by atomic mass is 16.6. The molecule has 22 heavy (non-hydrogen) atoms. The number of anilines is 1. The van der Waals surface area contributed by atoms with E-state index in [0.29, 0.717) is 17.0 Å². The molecule has 0 aromatic heterocycles.